The van der Waals surface area contributed by atoms with Gasteiger partial charge >= 0.3 is 5.97 Å². The van der Waals surface area contributed by atoms with Crippen LogP contribution in [0.1, 0.15) is 17.7 Å². The lowest BCUT2D eigenvalue weighted by Gasteiger charge is -2.26. The molecule has 1 saturated carbocycles. The normalized spacial score (nSPS) is 25.9. The number of likely N-dealkylation sites (tertiary alicyclic amines) is 1. The van der Waals surface area contributed by atoms with Crippen LogP contribution in [-0.2, 0) is 30.3 Å². The summed E-state index contributed by atoms with van der Waals surface area (Å²) in [7, 11) is 0. The number of aryl methyl sites for hydroxylation is 1. The van der Waals surface area contributed by atoms with Crippen LogP contribution in [0.4, 0.5) is 5.82 Å². The summed E-state index contributed by atoms with van der Waals surface area (Å²) >= 11 is 0. The van der Waals surface area contributed by atoms with Crippen molar-refractivity contribution in [2.75, 3.05) is 11.9 Å². The minimum absolute atomic E-state index is 0.0338. The molecule has 2 bridgehead atoms. The molecule has 1 aromatic carbocycles. The first kappa shape index (κ1) is 21.1. The number of allylic oxidation sites excluding steroid dienone is 2. The Kier molecular flexibility index (Phi) is 5.32. The van der Waals surface area contributed by atoms with E-state index in [0.29, 0.717) is 5.76 Å². The van der Waals surface area contributed by atoms with Crippen molar-refractivity contribution in [3.05, 3.63) is 59.9 Å². The van der Waals surface area contributed by atoms with E-state index in [1.165, 1.54) is 6.07 Å². The van der Waals surface area contributed by atoms with Crippen LogP contribution in [-0.4, -0.2) is 46.4 Å². The monoisotopic (exact) mass is 449 g/mol. The number of nitrogens with one attached hydrogen (secondary N) is 1. The summed E-state index contributed by atoms with van der Waals surface area (Å²) in [4.78, 5) is 52.9. The van der Waals surface area contributed by atoms with Gasteiger partial charge in [-0.3, -0.25) is 19.3 Å². The molecule has 2 aromatic rings. The number of carbonyl (C=O) groups excluding carboxylic acids is 4. The molecule has 1 aromatic heterocycles. The van der Waals surface area contributed by atoms with Crippen molar-refractivity contribution in [1.82, 2.24) is 10.1 Å². The van der Waals surface area contributed by atoms with E-state index >= 15 is 0 Å². The quantitative estimate of drug-likeness (QED) is 0.389. The van der Waals surface area contributed by atoms with E-state index in [2.05, 4.69) is 10.5 Å². The molecule has 0 unspecified atom stereocenters. The third-order valence-corrected chi connectivity index (χ3v) is 6.60. The highest BCUT2D eigenvalue weighted by Gasteiger charge is 2.61. The highest BCUT2D eigenvalue weighted by atomic mass is 16.5. The summed E-state index contributed by atoms with van der Waals surface area (Å²) in [5, 5.41) is 6.13. The number of fused-ring (bicyclic) bond motifs is 5. The number of hydrogen-bond donors (Lipinski definition) is 1. The Balaban J connectivity index is 1.32. The Hall–Kier alpha value is -3.75. The van der Waals surface area contributed by atoms with Gasteiger partial charge in [0.1, 0.15) is 11.8 Å². The topological polar surface area (TPSA) is 119 Å². The minimum atomic E-state index is -1.14. The van der Waals surface area contributed by atoms with Gasteiger partial charge in [-0.2, -0.15) is 0 Å². The SMILES string of the molecule is Cc1cc(NC(=O)COC(=O)[C@H](Cc2ccccc2)N2C(=O)[C@@H]3[C@@H](C2=O)[C@H]2C=C[C@H]3C2)no1. The summed E-state index contributed by atoms with van der Waals surface area (Å²) in [6.45, 7) is 1.10. The second-order valence-corrected chi connectivity index (χ2v) is 8.73. The summed E-state index contributed by atoms with van der Waals surface area (Å²) in [5.41, 5.74) is 0.778. The molecule has 3 amide bonds. The number of esters is 1. The van der Waals surface area contributed by atoms with Gasteiger partial charge < -0.3 is 14.6 Å². The smallest absolute Gasteiger partial charge is 0.330 e. The number of ether oxygens (including phenoxy) is 1. The summed E-state index contributed by atoms with van der Waals surface area (Å²) < 4.78 is 10.1. The number of amides is 3. The highest BCUT2D eigenvalue weighted by Crippen LogP contribution is 2.53. The number of rotatable bonds is 7. The van der Waals surface area contributed by atoms with Crippen LogP contribution in [0.5, 0.6) is 0 Å². The van der Waals surface area contributed by atoms with Gasteiger partial charge in [-0.1, -0.05) is 47.6 Å². The molecule has 1 N–H and O–H groups in total. The van der Waals surface area contributed by atoms with Gasteiger partial charge in [-0.25, -0.2) is 4.79 Å². The van der Waals surface area contributed by atoms with Gasteiger partial charge in [-0.15, -0.1) is 0 Å². The number of imide groups is 1. The zero-order valence-corrected chi connectivity index (χ0v) is 18.0. The second kappa shape index (κ2) is 8.31. The Labute approximate surface area is 189 Å². The van der Waals surface area contributed by atoms with E-state index in [1.54, 1.807) is 6.92 Å². The molecule has 3 aliphatic rings. The molecule has 9 heteroatoms. The van der Waals surface area contributed by atoms with E-state index < -0.39 is 36.4 Å². The molecular formula is C24H23N3O6. The third kappa shape index (κ3) is 3.83. The first-order valence-electron chi connectivity index (χ1n) is 10.9. The first-order valence-corrected chi connectivity index (χ1v) is 10.9. The zero-order valence-electron chi connectivity index (χ0n) is 18.0. The number of anilines is 1. The van der Waals surface area contributed by atoms with E-state index in [-0.39, 0.29) is 35.9 Å². The third-order valence-electron chi connectivity index (χ3n) is 6.60. The Morgan fingerprint density at radius 3 is 2.42 bits per heavy atom. The van der Waals surface area contributed by atoms with Crippen molar-refractivity contribution in [1.29, 1.82) is 0 Å². The predicted molar refractivity (Wildman–Crippen MR) is 114 cm³/mol. The molecule has 2 heterocycles. The lowest BCUT2D eigenvalue weighted by molar-refractivity contribution is -0.160. The lowest BCUT2D eigenvalue weighted by Crippen LogP contribution is -2.48. The van der Waals surface area contributed by atoms with Crippen LogP contribution in [0.25, 0.3) is 0 Å². The zero-order chi connectivity index (χ0) is 23.1. The fourth-order valence-electron chi connectivity index (χ4n) is 5.19. The van der Waals surface area contributed by atoms with Gasteiger partial charge in [0.15, 0.2) is 12.4 Å². The van der Waals surface area contributed by atoms with Gasteiger partial charge in [0.2, 0.25) is 11.8 Å². The molecule has 170 valence electrons. The highest BCUT2D eigenvalue weighted by molar-refractivity contribution is 6.09. The van der Waals surface area contributed by atoms with E-state index in [9.17, 15) is 19.2 Å². The number of nitrogens with zero attached hydrogens (tertiary/aromatic N) is 2. The molecule has 1 aliphatic heterocycles. The maximum atomic E-state index is 13.3. The van der Waals surface area contributed by atoms with Gasteiger partial charge in [0.05, 0.1) is 11.8 Å². The summed E-state index contributed by atoms with van der Waals surface area (Å²) in [6.07, 6.45) is 4.92. The Bertz CT molecular complexity index is 1110. The number of carbonyl (C=O) groups is 4. The molecule has 0 spiro atoms. The molecule has 2 fully saturated rings. The largest absolute Gasteiger partial charge is 0.454 e. The maximum Gasteiger partial charge on any atom is 0.330 e. The standard InChI is InChI=1S/C24H23N3O6/c1-13-9-18(26-33-13)25-19(28)12-32-24(31)17(10-14-5-3-2-4-6-14)27-22(29)20-15-7-8-16(11-15)21(20)23(27)30/h2-9,15-17,20-21H,10-12H2,1H3,(H,25,26,28)/t15-,16-,17-,20-,21-/m0/s1. The molecule has 2 aliphatic carbocycles. The van der Waals surface area contributed by atoms with Crippen LogP contribution in [0.3, 0.4) is 0 Å². The van der Waals surface area contributed by atoms with Crippen molar-refractivity contribution in [3.63, 3.8) is 0 Å². The molecule has 1 saturated heterocycles. The van der Waals surface area contributed by atoms with Crippen LogP contribution >= 0.6 is 0 Å². The maximum absolute atomic E-state index is 13.3. The van der Waals surface area contributed by atoms with Crippen molar-refractivity contribution < 1.29 is 28.4 Å². The Morgan fingerprint density at radius 1 is 1.15 bits per heavy atom. The predicted octanol–water partition coefficient (Wildman–Crippen LogP) is 1.88. The summed E-state index contributed by atoms with van der Waals surface area (Å²) in [5.74, 6) is -2.11. The van der Waals surface area contributed by atoms with Crippen molar-refractivity contribution in [3.8, 4) is 0 Å². The van der Waals surface area contributed by atoms with Crippen LogP contribution in [0.2, 0.25) is 0 Å². The van der Waals surface area contributed by atoms with Crippen molar-refractivity contribution in [2.45, 2.75) is 25.8 Å². The number of hydrogen-bond acceptors (Lipinski definition) is 7. The van der Waals surface area contributed by atoms with Crippen LogP contribution < -0.4 is 5.32 Å². The molecule has 5 atom stereocenters. The molecule has 5 rings (SSSR count). The van der Waals surface area contributed by atoms with Crippen molar-refractivity contribution >= 4 is 29.5 Å². The fourth-order valence-corrected chi connectivity index (χ4v) is 5.19. The molecule has 9 nitrogen and oxygen atoms in total. The average Bonchev–Trinajstić information content (AvgIpc) is 3.57. The Morgan fingerprint density at radius 2 is 1.82 bits per heavy atom. The molecular weight excluding hydrogens is 426 g/mol. The van der Waals surface area contributed by atoms with Crippen molar-refractivity contribution in [2.24, 2.45) is 23.7 Å². The van der Waals surface area contributed by atoms with E-state index in [1.807, 2.05) is 42.5 Å². The van der Waals surface area contributed by atoms with E-state index in [0.717, 1.165) is 16.9 Å². The second-order valence-electron chi connectivity index (χ2n) is 8.73. The molecule has 33 heavy (non-hydrogen) atoms. The number of aromatic nitrogens is 1. The molecule has 0 radical (unpaired) electrons. The van der Waals surface area contributed by atoms with Gasteiger partial charge in [0, 0.05) is 12.5 Å². The van der Waals surface area contributed by atoms with Crippen LogP contribution in [0.15, 0.2) is 53.1 Å². The minimum Gasteiger partial charge on any atom is -0.454 e. The number of benzene rings is 1. The first-order chi connectivity index (χ1) is 15.9. The van der Waals surface area contributed by atoms with Gasteiger partial charge in [-0.05, 0) is 30.7 Å². The lowest BCUT2D eigenvalue weighted by atomic mass is 9.85. The van der Waals surface area contributed by atoms with Crippen LogP contribution in [0, 0.1) is 30.6 Å². The average molecular weight is 449 g/mol. The summed E-state index contributed by atoms with van der Waals surface area (Å²) in [6, 6.07) is 9.50. The fraction of sp³-hybridized carbons (Fsp3) is 0.375. The van der Waals surface area contributed by atoms with Gasteiger partial charge in [0.25, 0.3) is 5.91 Å². The van der Waals surface area contributed by atoms with E-state index in [4.69, 9.17) is 9.26 Å².